The lowest BCUT2D eigenvalue weighted by Crippen LogP contribution is -1.78. The highest BCUT2D eigenvalue weighted by Crippen LogP contribution is 2.23. The number of hydrogen-bond donors (Lipinski definition) is 1. The van der Waals surface area contributed by atoms with Crippen LogP contribution in [-0.4, -0.2) is 0 Å². The molecule has 0 aliphatic carbocycles. The average molecular weight is 177 g/mol. The van der Waals surface area contributed by atoms with Crippen molar-refractivity contribution in [1.29, 1.82) is 0 Å². The highest BCUT2D eigenvalue weighted by Gasteiger charge is 2.02. The van der Waals surface area contributed by atoms with E-state index in [1.165, 1.54) is 12.1 Å². The second-order valence-electron chi connectivity index (χ2n) is 2.71. The lowest BCUT2D eigenvalue weighted by atomic mass is 10.2. The highest BCUT2D eigenvalue weighted by molar-refractivity contribution is 5.59. The van der Waals surface area contributed by atoms with Crippen LogP contribution in [0.3, 0.4) is 0 Å². The van der Waals surface area contributed by atoms with E-state index in [1.54, 1.807) is 24.3 Å². The number of nitrogen functional groups attached to an aromatic ring is 1. The molecule has 1 heterocycles. The Morgan fingerprint density at radius 2 is 2.00 bits per heavy atom. The van der Waals surface area contributed by atoms with Gasteiger partial charge < -0.3 is 10.2 Å². The molecule has 0 radical (unpaired) electrons. The van der Waals surface area contributed by atoms with E-state index < -0.39 is 0 Å². The number of nitrogens with two attached hydrogens (primary N) is 1. The standard InChI is InChI=1S/C10H8FNO/c11-8-3-1-2-7(6-8)9-4-5-10(12)13-9/h1-6H,12H2. The van der Waals surface area contributed by atoms with Crippen LogP contribution in [0.1, 0.15) is 0 Å². The summed E-state index contributed by atoms with van der Waals surface area (Å²) in [4.78, 5) is 0. The summed E-state index contributed by atoms with van der Waals surface area (Å²) in [7, 11) is 0. The van der Waals surface area contributed by atoms with Gasteiger partial charge in [0.25, 0.3) is 0 Å². The zero-order chi connectivity index (χ0) is 9.26. The summed E-state index contributed by atoms with van der Waals surface area (Å²) >= 11 is 0. The second-order valence-corrected chi connectivity index (χ2v) is 2.71. The molecule has 0 unspecified atom stereocenters. The Balaban J connectivity index is 2.46. The van der Waals surface area contributed by atoms with E-state index >= 15 is 0 Å². The molecule has 0 amide bonds. The predicted molar refractivity (Wildman–Crippen MR) is 48.5 cm³/mol. The Bertz CT molecular complexity index is 422. The largest absolute Gasteiger partial charge is 0.441 e. The van der Waals surface area contributed by atoms with E-state index in [9.17, 15) is 4.39 Å². The summed E-state index contributed by atoms with van der Waals surface area (Å²) in [5.74, 6) is 0.628. The molecule has 1 aromatic carbocycles. The molecule has 0 saturated carbocycles. The molecular formula is C10H8FNO. The first kappa shape index (κ1) is 7.86. The first-order chi connectivity index (χ1) is 6.25. The molecule has 0 fully saturated rings. The van der Waals surface area contributed by atoms with Crippen molar-refractivity contribution in [2.45, 2.75) is 0 Å². The molecule has 0 bridgehead atoms. The smallest absolute Gasteiger partial charge is 0.190 e. The maximum atomic E-state index is 12.8. The van der Waals surface area contributed by atoms with Crippen LogP contribution in [-0.2, 0) is 0 Å². The molecule has 13 heavy (non-hydrogen) atoms. The third-order valence-electron chi connectivity index (χ3n) is 1.74. The van der Waals surface area contributed by atoms with Gasteiger partial charge in [0, 0.05) is 11.6 Å². The minimum absolute atomic E-state index is 0.285. The molecule has 0 atom stereocenters. The fraction of sp³-hybridized carbons (Fsp3) is 0. The quantitative estimate of drug-likeness (QED) is 0.727. The van der Waals surface area contributed by atoms with Gasteiger partial charge in [-0.15, -0.1) is 0 Å². The number of furan rings is 1. The Labute approximate surface area is 74.8 Å². The summed E-state index contributed by atoms with van der Waals surface area (Å²) in [6, 6.07) is 9.53. The topological polar surface area (TPSA) is 39.2 Å². The molecule has 0 saturated heterocycles. The summed E-state index contributed by atoms with van der Waals surface area (Å²) in [6.07, 6.45) is 0. The number of halogens is 1. The maximum absolute atomic E-state index is 12.8. The van der Waals surface area contributed by atoms with Gasteiger partial charge in [-0.2, -0.15) is 0 Å². The van der Waals surface area contributed by atoms with Crippen LogP contribution in [0.5, 0.6) is 0 Å². The zero-order valence-corrected chi connectivity index (χ0v) is 6.83. The average Bonchev–Trinajstić information content (AvgIpc) is 2.52. The number of benzene rings is 1. The predicted octanol–water partition coefficient (Wildman–Crippen LogP) is 2.67. The van der Waals surface area contributed by atoms with Crippen molar-refractivity contribution in [1.82, 2.24) is 0 Å². The van der Waals surface area contributed by atoms with Crippen LogP contribution in [0, 0.1) is 5.82 Å². The fourth-order valence-corrected chi connectivity index (χ4v) is 1.15. The monoisotopic (exact) mass is 177 g/mol. The van der Waals surface area contributed by atoms with Gasteiger partial charge in [0.05, 0.1) is 0 Å². The first-order valence-corrected chi connectivity index (χ1v) is 3.87. The molecule has 0 aliphatic heterocycles. The maximum Gasteiger partial charge on any atom is 0.190 e. The van der Waals surface area contributed by atoms with Crippen LogP contribution in [0.4, 0.5) is 10.3 Å². The molecule has 1 aromatic heterocycles. The van der Waals surface area contributed by atoms with E-state index in [4.69, 9.17) is 10.2 Å². The van der Waals surface area contributed by atoms with Crippen molar-refractivity contribution >= 4 is 5.88 Å². The van der Waals surface area contributed by atoms with Crippen LogP contribution >= 0.6 is 0 Å². The minimum atomic E-state index is -0.285. The molecule has 3 heteroatoms. The van der Waals surface area contributed by atoms with Gasteiger partial charge in [0.1, 0.15) is 11.6 Å². The van der Waals surface area contributed by atoms with Crippen molar-refractivity contribution in [3.8, 4) is 11.3 Å². The molecule has 2 rings (SSSR count). The van der Waals surface area contributed by atoms with Gasteiger partial charge >= 0.3 is 0 Å². The van der Waals surface area contributed by atoms with E-state index in [1.807, 2.05) is 0 Å². The van der Waals surface area contributed by atoms with Crippen LogP contribution in [0.15, 0.2) is 40.8 Å². The molecule has 0 aliphatic rings. The number of hydrogen-bond acceptors (Lipinski definition) is 2. The third-order valence-corrected chi connectivity index (χ3v) is 1.74. The fourth-order valence-electron chi connectivity index (χ4n) is 1.15. The molecular weight excluding hydrogens is 169 g/mol. The molecule has 66 valence electrons. The van der Waals surface area contributed by atoms with Gasteiger partial charge in [-0.25, -0.2) is 4.39 Å². The Morgan fingerprint density at radius 1 is 1.15 bits per heavy atom. The SMILES string of the molecule is Nc1ccc(-c2cccc(F)c2)o1. The van der Waals surface area contributed by atoms with Crippen molar-refractivity contribution in [2.75, 3.05) is 5.73 Å². The summed E-state index contributed by atoms with van der Waals surface area (Å²) < 4.78 is 17.9. The summed E-state index contributed by atoms with van der Waals surface area (Å²) in [5.41, 5.74) is 6.08. The van der Waals surface area contributed by atoms with Crippen LogP contribution in [0.2, 0.25) is 0 Å². The molecule has 2 aromatic rings. The summed E-state index contributed by atoms with van der Waals surface area (Å²) in [6.45, 7) is 0. The first-order valence-electron chi connectivity index (χ1n) is 3.87. The van der Waals surface area contributed by atoms with E-state index in [0.717, 1.165) is 0 Å². The number of rotatable bonds is 1. The van der Waals surface area contributed by atoms with Crippen LogP contribution < -0.4 is 5.73 Å². The summed E-state index contributed by atoms with van der Waals surface area (Å²) in [5, 5.41) is 0. The second kappa shape index (κ2) is 2.94. The van der Waals surface area contributed by atoms with Crippen molar-refractivity contribution < 1.29 is 8.81 Å². The minimum Gasteiger partial charge on any atom is -0.441 e. The van der Waals surface area contributed by atoms with Gasteiger partial charge in [-0.3, -0.25) is 0 Å². The van der Waals surface area contributed by atoms with Crippen molar-refractivity contribution in [3.63, 3.8) is 0 Å². The molecule has 0 spiro atoms. The third kappa shape index (κ3) is 1.54. The van der Waals surface area contributed by atoms with Gasteiger partial charge in [0.15, 0.2) is 5.88 Å². The normalized spacial score (nSPS) is 10.2. The number of anilines is 1. The Morgan fingerprint density at radius 3 is 2.62 bits per heavy atom. The Kier molecular flexibility index (Phi) is 1.77. The lowest BCUT2D eigenvalue weighted by molar-refractivity contribution is 0.598. The highest BCUT2D eigenvalue weighted by atomic mass is 19.1. The van der Waals surface area contributed by atoms with Gasteiger partial charge in [-0.1, -0.05) is 12.1 Å². The Hall–Kier alpha value is -1.77. The molecule has 2 N–H and O–H groups in total. The zero-order valence-electron chi connectivity index (χ0n) is 6.83. The van der Waals surface area contributed by atoms with Crippen molar-refractivity contribution in [3.05, 3.63) is 42.2 Å². The van der Waals surface area contributed by atoms with E-state index in [-0.39, 0.29) is 5.82 Å². The van der Waals surface area contributed by atoms with Gasteiger partial charge in [-0.05, 0) is 18.2 Å². The van der Waals surface area contributed by atoms with Gasteiger partial charge in [0.2, 0.25) is 0 Å². The molecule has 2 nitrogen and oxygen atoms in total. The van der Waals surface area contributed by atoms with Crippen molar-refractivity contribution in [2.24, 2.45) is 0 Å². The van der Waals surface area contributed by atoms with E-state index in [0.29, 0.717) is 17.2 Å². The lowest BCUT2D eigenvalue weighted by Gasteiger charge is -1.95. The van der Waals surface area contributed by atoms with E-state index in [2.05, 4.69) is 0 Å². The van der Waals surface area contributed by atoms with Crippen LogP contribution in [0.25, 0.3) is 11.3 Å².